The normalized spacial score (nSPS) is 10.4. The predicted molar refractivity (Wildman–Crippen MR) is 93.4 cm³/mol. The second-order valence-corrected chi connectivity index (χ2v) is 5.61. The number of furan rings is 1. The number of hydrogen-bond donors (Lipinski definition) is 1. The van der Waals surface area contributed by atoms with E-state index in [4.69, 9.17) is 9.15 Å². The molecule has 0 bridgehead atoms. The Morgan fingerprint density at radius 3 is 2.56 bits per heavy atom. The molecular weight excluding hydrogens is 356 g/mol. The van der Waals surface area contributed by atoms with Gasteiger partial charge in [-0.2, -0.15) is 0 Å². The van der Waals surface area contributed by atoms with Crippen LogP contribution in [0.15, 0.2) is 65.3 Å². The number of esters is 1. The SMILES string of the molecule is O=C(COC(=O)c1ccccc1NCc1ccco1)c1ccc(F)c(F)c1. The quantitative estimate of drug-likeness (QED) is 0.498. The third-order valence-electron chi connectivity index (χ3n) is 3.76. The lowest BCUT2D eigenvalue weighted by atomic mass is 10.1. The van der Waals surface area contributed by atoms with Crippen LogP contribution in [0.1, 0.15) is 26.5 Å². The van der Waals surface area contributed by atoms with Crippen LogP contribution in [-0.2, 0) is 11.3 Å². The number of carbonyl (C=O) groups excluding carboxylic acids is 2. The molecule has 0 spiro atoms. The van der Waals surface area contributed by atoms with E-state index < -0.39 is 30.0 Å². The largest absolute Gasteiger partial charge is 0.467 e. The van der Waals surface area contributed by atoms with Crippen LogP contribution < -0.4 is 5.32 Å². The maximum atomic E-state index is 13.2. The monoisotopic (exact) mass is 371 g/mol. The molecule has 3 aromatic rings. The van der Waals surface area contributed by atoms with Gasteiger partial charge in [-0.3, -0.25) is 4.79 Å². The third-order valence-corrected chi connectivity index (χ3v) is 3.76. The Morgan fingerprint density at radius 1 is 1.00 bits per heavy atom. The van der Waals surface area contributed by atoms with Crippen molar-refractivity contribution >= 4 is 17.4 Å². The van der Waals surface area contributed by atoms with Gasteiger partial charge in [0, 0.05) is 11.3 Å². The summed E-state index contributed by atoms with van der Waals surface area (Å²) in [7, 11) is 0. The van der Waals surface area contributed by atoms with E-state index in [-0.39, 0.29) is 11.1 Å². The molecule has 0 amide bonds. The van der Waals surface area contributed by atoms with E-state index in [1.54, 1.807) is 42.7 Å². The van der Waals surface area contributed by atoms with Crippen LogP contribution in [0.3, 0.4) is 0 Å². The lowest BCUT2D eigenvalue weighted by Gasteiger charge is -2.11. The zero-order valence-electron chi connectivity index (χ0n) is 14.1. The smallest absolute Gasteiger partial charge is 0.340 e. The highest BCUT2D eigenvalue weighted by Crippen LogP contribution is 2.18. The zero-order chi connectivity index (χ0) is 19.2. The molecule has 0 saturated heterocycles. The Kier molecular flexibility index (Phi) is 5.61. The lowest BCUT2D eigenvalue weighted by molar-refractivity contribution is 0.0475. The Bertz CT molecular complexity index is 954. The van der Waals surface area contributed by atoms with Crippen LogP contribution in [0.4, 0.5) is 14.5 Å². The fraction of sp³-hybridized carbons (Fsp3) is 0.100. The number of carbonyl (C=O) groups is 2. The van der Waals surface area contributed by atoms with Crippen molar-refractivity contribution in [3.63, 3.8) is 0 Å². The molecule has 138 valence electrons. The minimum atomic E-state index is -1.14. The Labute approximate surface area is 153 Å². The fourth-order valence-corrected chi connectivity index (χ4v) is 2.37. The van der Waals surface area contributed by atoms with Crippen molar-refractivity contribution in [3.05, 3.63) is 89.4 Å². The first-order valence-electron chi connectivity index (χ1n) is 8.05. The van der Waals surface area contributed by atoms with E-state index in [1.807, 2.05) is 0 Å². The predicted octanol–water partition coefficient (Wildman–Crippen LogP) is 4.21. The highest BCUT2D eigenvalue weighted by atomic mass is 19.2. The van der Waals surface area contributed by atoms with Gasteiger partial charge < -0.3 is 14.5 Å². The molecule has 1 heterocycles. The van der Waals surface area contributed by atoms with Crippen molar-refractivity contribution in [2.75, 3.05) is 11.9 Å². The molecule has 3 rings (SSSR count). The summed E-state index contributed by atoms with van der Waals surface area (Å²) in [5.74, 6) is -2.86. The number of para-hydroxylation sites is 1. The number of halogens is 2. The molecule has 2 aromatic carbocycles. The van der Waals surface area contributed by atoms with Gasteiger partial charge in [-0.1, -0.05) is 12.1 Å². The zero-order valence-corrected chi connectivity index (χ0v) is 14.1. The second kappa shape index (κ2) is 8.27. The van der Waals surface area contributed by atoms with E-state index in [0.717, 1.165) is 18.2 Å². The minimum Gasteiger partial charge on any atom is -0.467 e. The Morgan fingerprint density at radius 2 is 1.81 bits per heavy atom. The van der Waals surface area contributed by atoms with E-state index in [2.05, 4.69) is 5.32 Å². The van der Waals surface area contributed by atoms with E-state index in [0.29, 0.717) is 18.0 Å². The molecule has 1 N–H and O–H groups in total. The third kappa shape index (κ3) is 4.58. The average Bonchev–Trinajstić information content (AvgIpc) is 3.20. The van der Waals surface area contributed by atoms with E-state index in [9.17, 15) is 18.4 Å². The number of rotatable bonds is 7. The van der Waals surface area contributed by atoms with Crippen LogP contribution in [0.2, 0.25) is 0 Å². The highest BCUT2D eigenvalue weighted by Gasteiger charge is 2.16. The van der Waals surface area contributed by atoms with Crippen molar-refractivity contribution in [3.8, 4) is 0 Å². The molecule has 0 fully saturated rings. The van der Waals surface area contributed by atoms with Crippen molar-refractivity contribution in [2.24, 2.45) is 0 Å². The van der Waals surface area contributed by atoms with Gasteiger partial charge in [0.2, 0.25) is 0 Å². The average molecular weight is 371 g/mol. The van der Waals surface area contributed by atoms with Crippen LogP contribution in [0.25, 0.3) is 0 Å². The molecule has 27 heavy (non-hydrogen) atoms. The van der Waals surface area contributed by atoms with E-state index in [1.165, 1.54) is 0 Å². The standard InChI is InChI=1S/C20H15F2NO4/c21-16-8-7-13(10-17(16)22)19(24)12-27-20(25)15-5-1-2-6-18(15)23-11-14-4-3-9-26-14/h1-10,23H,11-12H2. The number of benzene rings is 2. The summed E-state index contributed by atoms with van der Waals surface area (Å²) in [6, 6.07) is 12.9. The molecule has 0 unspecified atom stereocenters. The lowest BCUT2D eigenvalue weighted by Crippen LogP contribution is -2.16. The maximum absolute atomic E-state index is 13.2. The number of nitrogens with one attached hydrogen (secondary N) is 1. The van der Waals surface area contributed by atoms with Gasteiger partial charge in [0.15, 0.2) is 24.0 Å². The van der Waals surface area contributed by atoms with Crippen molar-refractivity contribution in [2.45, 2.75) is 6.54 Å². The Hall–Kier alpha value is -3.48. The molecule has 0 aliphatic carbocycles. The summed E-state index contributed by atoms with van der Waals surface area (Å²) >= 11 is 0. The van der Waals surface area contributed by atoms with Gasteiger partial charge in [0.1, 0.15) is 5.76 Å². The highest BCUT2D eigenvalue weighted by molar-refractivity contribution is 6.00. The Balaban J connectivity index is 1.63. The van der Waals surface area contributed by atoms with Crippen LogP contribution in [0, 0.1) is 11.6 Å². The number of hydrogen-bond acceptors (Lipinski definition) is 5. The van der Waals surface area contributed by atoms with Crippen LogP contribution in [0.5, 0.6) is 0 Å². The van der Waals surface area contributed by atoms with E-state index >= 15 is 0 Å². The van der Waals surface area contributed by atoms with Gasteiger partial charge in [-0.05, 0) is 42.5 Å². The van der Waals surface area contributed by atoms with Crippen LogP contribution >= 0.6 is 0 Å². The molecule has 0 aliphatic rings. The summed E-state index contributed by atoms with van der Waals surface area (Å²) in [6.45, 7) is -0.221. The first-order chi connectivity index (χ1) is 13.0. The van der Waals surface area contributed by atoms with Crippen molar-refractivity contribution < 1.29 is 27.5 Å². The molecular formula is C20H15F2NO4. The topological polar surface area (TPSA) is 68.5 Å². The molecule has 1 aromatic heterocycles. The molecule has 0 aliphatic heterocycles. The summed E-state index contributed by atoms with van der Waals surface area (Å²) < 4.78 is 36.4. The molecule has 0 radical (unpaired) electrons. The second-order valence-electron chi connectivity index (χ2n) is 5.61. The van der Waals surface area contributed by atoms with Gasteiger partial charge in [0.25, 0.3) is 0 Å². The van der Waals surface area contributed by atoms with Gasteiger partial charge in [0.05, 0.1) is 18.4 Å². The van der Waals surface area contributed by atoms with Crippen molar-refractivity contribution in [1.82, 2.24) is 0 Å². The minimum absolute atomic E-state index is 0.0778. The molecule has 0 atom stereocenters. The summed E-state index contributed by atoms with van der Waals surface area (Å²) in [5.41, 5.74) is 0.673. The molecule has 7 heteroatoms. The number of ketones is 1. The summed E-state index contributed by atoms with van der Waals surface area (Å²) in [6.07, 6.45) is 1.54. The van der Waals surface area contributed by atoms with Gasteiger partial charge >= 0.3 is 5.97 Å². The first-order valence-corrected chi connectivity index (χ1v) is 8.05. The summed E-state index contributed by atoms with van der Waals surface area (Å²) in [5, 5.41) is 3.06. The summed E-state index contributed by atoms with van der Waals surface area (Å²) in [4.78, 5) is 24.3. The fourth-order valence-electron chi connectivity index (χ4n) is 2.37. The van der Waals surface area contributed by atoms with Crippen molar-refractivity contribution in [1.29, 1.82) is 0 Å². The molecule has 0 saturated carbocycles. The van der Waals surface area contributed by atoms with Gasteiger partial charge in [-0.15, -0.1) is 0 Å². The first kappa shape index (κ1) is 18.3. The van der Waals surface area contributed by atoms with Crippen LogP contribution in [-0.4, -0.2) is 18.4 Å². The number of Topliss-reactive ketones (excluding diaryl/α,β-unsaturated/α-hetero) is 1. The van der Waals surface area contributed by atoms with Gasteiger partial charge in [-0.25, -0.2) is 13.6 Å². The number of anilines is 1. The number of ether oxygens (including phenoxy) is 1. The maximum Gasteiger partial charge on any atom is 0.340 e. The molecule has 5 nitrogen and oxygen atoms in total.